The number of carbonyl (C=O) groups is 1. The topological polar surface area (TPSA) is 105 Å². The van der Waals surface area contributed by atoms with Crippen LogP contribution in [0.5, 0.6) is 0 Å². The second-order valence-electron chi connectivity index (χ2n) is 5.54. The van der Waals surface area contributed by atoms with E-state index in [0.29, 0.717) is 0 Å². The van der Waals surface area contributed by atoms with Crippen LogP contribution in [0.1, 0.15) is 11.5 Å². The van der Waals surface area contributed by atoms with Gasteiger partial charge in [-0.05, 0) is 11.6 Å². The lowest BCUT2D eigenvalue weighted by Crippen LogP contribution is -2.30. The van der Waals surface area contributed by atoms with Crippen molar-refractivity contribution in [1.29, 1.82) is 0 Å². The number of hydrogen-bond donors (Lipinski definition) is 1. The number of nitrogens with zero attached hydrogens (tertiary/aromatic N) is 4. The van der Waals surface area contributed by atoms with Crippen LogP contribution in [0.3, 0.4) is 0 Å². The Hall–Kier alpha value is -2.26. The third-order valence-electron chi connectivity index (χ3n) is 4.00. The highest BCUT2D eigenvalue weighted by molar-refractivity contribution is 7.89. The molecule has 2 aromatic heterocycles. The number of aromatic nitrogens is 3. The highest BCUT2D eigenvalue weighted by Crippen LogP contribution is 2.35. The van der Waals surface area contributed by atoms with Crippen molar-refractivity contribution in [2.45, 2.75) is 10.9 Å². The monoisotopic (exact) mass is 336 g/mol. The van der Waals surface area contributed by atoms with Gasteiger partial charge in [-0.15, -0.1) is 0 Å². The van der Waals surface area contributed by atoms with Gasteiger partial charge in [-0.2, -0.15) is 4.31 Å². The van der Waals surface area contributed by atoms with E-state index in [1.807, 2.05) is 0 Å². The maximum absolute atomic E-state index is 12.6. The highest BCUT2D eigenvalue weighted by atomic mass is 32.2. The minimum absolute atomic E-state index is 0.0732. The van der Waals surface area contributed by atoms with Gasteiger partial charge in [0.1, 0.15) is 0 Å². The molecule has 0 aromatic carbocycles. The number of rotatable bonds is 4. The summed E-state index contributed by atoms with van der Waals surface area (Å²) in [5.41, 5.74) is 0.721. The van der Waals surface area contributed by atoms with E-state index in [0.717, 1.165) is 5.56 Å². The Morgan fingerprint density at radius 3 is 2.74 bits per heavy atom. The minimum Gasteiger partial charge on any atom is -0.481 e. The molecule has 3 heterocycles. The van der Waals surface area contributed by atoms with Crippen LogP contribution < -0.4 is 0 Å². The fourth-order valence-electron chi connectivity index (χ4n) is 2.80. The van der Waals surface area contributed by atoms with Gasteiger partial charge in [0.2, 0.25) is 0 Å². The van der Waals surface area contributed by atoms with Crippen LogP contribution in [-0.4, -0.2) is 51.4 Å². The van der Waals surface area contributed by atoms with Crippen LogP contribution in [0.15, 0.2) is 42.1 Å². The van der Waals surface area contributed by atoms with Gasteiger partial charge in [0.05, 0.1) is 12.2 Å². The second kappa shape index (κ2) is 5.74. The normalized spacial score (nSPS) is 22.3. The van der Waals surface area contributed by atoms with Gasteiger partial charge in [-0.25, -0.2) is 13.4 Å². The standard InChI is InChI=1S/C14H16N4O4S/c1-17-8-13(16-9-17)23(21,22)18-6-11(12(7-18)14(19)20)10-3-2-4-15-5-10/h2-5,8-9,11-12H,6-7H2,1H3,(H,19,20)/t11-,12+/m1/s1. The average molecular weight is 336 g/mol. The van der Waals surface area contributed by atoms with E-state index in [1.165, 1.54) is 21.4 Å². The predicted molar refractivity (Wildman–Crippen MR) is 80.1 cm³/mol. The van der Waals surface area contributed by atoms with Gasteiger partial charge in [0.15, 0.2) is 5.03 Å². The molecule has 0 aliphatic carbocycles. The van der Waals surface area contributed by atoms with Crippen molar-refractivity contribution < 1.29 is 18.3 Å². The first-order valence-electron chi connectivity index (χ1n) is 7.00. The van der Waals surface area contributed by atoms with Gasteiger partial charge in [-0.1, -0.05) is 6.07 Å². The molecule has 3 rings (SSSR count). The first-order valence-corrected chi connectivity index (χ1v) is 8.44. The van der Waals surface area contributed by atoms with Gasteiger partial charge >= 0.3 is 5.97 Å². The lowest BCUT2D eigenvalue weighted by atomic mass is 9.90. The van der Waals surface area contributed by atoms with Crippen LogP contribution >= 0.6 is 0 Å². The Morgan fingerprint density at radius 2 is 2.17 bits per heavy atom. The molecule has 1 fully saturated rings. The molecule has 122 valence electrons. The van der Waals surface area contributed by atoms with E-state index in [-0.39, 0.29) is 18.1 Å². The summed E-state index contributed by atoms with van der Waals surface area (Å²) < 4.78 is 28.0. The van der Waals surface area contributed by atoms with E-state index >= 15 is 0 Å². The van der Waals surface area contributed by atoms with Crippen molar-refractivity contribution in [3.63, 3.8) is 0 Å². The molecule has 2 aromatic rings. The fourth-order valence-corrected chi connectivity index (χ4v) is 4.26. The third-order valence-corrected chi connectivity index (χ3v) is 5.72. The number of carboxylic acid groups (broad SMARTS) is 1. The van der Waals surface area contributed by atoms with Crippen molar-refractivity contribution in [2.75, 3.05) is 13.1 Å². The molecule has 8 nitrogen and oxygen atoms in total. The lowest BCUT2D eigenvalue weighted by Gasteiger charge is -2.15. The van der Waals surface area contributed by atoms with Crippen molar-refractivity contribution in [1.82, 2.24) is 18.8 Å². The Kier molecular flexibility index (Phi) is 3.90. The maximum atomic E-state index is 12.6. The van der Waals surface area contributed by atoms with Crippen molar-refractivity contribution in [2.24, 2.45) is 13.0 Å². The van der Waals surface area contributed by atoms with Crippen LogP contribution in [0.25, 0.3) is 0 Å². The number of aryl methyl sites for hydroxylation is 1. The van der Waals surface area contributed by atoms with E-state index < -0.39 is 27.8 Å². The molecule has 0 spiro atoms. The largest absolute Gasteiger partial charge is 0.481 e. The molecule has 2 atom stereocenters. The molecule has 0 saturated carbocycles. The molecule has 0 amide bonds. The summed E-state index contributed by atoms with van der Waals surface area (Å²) in [6.45, 7) is 0.0232. The molecule has 0 radical (unpaired) electrons. The Balaban J connectivity index is 1.93. The minimum atomic E-state index is -3.81. The first kappa shape index (κ1) is 15.6. The fraction of sp³-hybridized carbons (Fsp3) is 0.357. The zero-order valence-corrected chi connectivity index (χ0v) is 13.2. The summed E-state index contributed by atoms with van der Waals surface area (Å²) in [6, 6.07) is 3.48. The molecule has 1 saturated heterocycles. The molecule has 0 unspecified atom stereocenters. The van der Waals surface area contributed by atoms with E-state index in [2.05, 4.69) is 9.97 Å². The third kappa shape index (κ3) is 2.84. The van der Waals surface area contributed by atoms with Crippen molar-refractivity contribution >= 4 is 16.0 Å². The van der Waals surface area contributed by atoms with Gasteiger partial charge in [0.25, 0.3) is 10.0 Å². The van der Waals surface area contributed by atoms with Crippen LogP contribution in [0, 0.1) is 5.92 Å². The Morgan fingerprint density at radius 1 is 1.39 bits per heavy atom. The lowest BCUT2D eigenvalue weighted by molar-refractivity contribution is -0.141. The number of imidazole rings is 1. The summed E-state index contributed by atoms with van der Waals surface area (Å²) in [6.07, 6.45) is 5.98. The Bertz CT molecular complexity index is 818. The molecule has 1 aliphatic rings. The van der Waals surface area contributed by atoms with Crippen molar-refractivity contribution in [3.8, 4) is 0 Å². The smallest absolute Gasteiger partial charge is 0.308 e. The van der Waals surface area contributed by atoms with E-state index in [4.69, 9.17) is 0 Å². The van der Waals surface area contributed by atoms with Crippen molar-refractivity contribution in [3.05, 3.63) is 42.6 Å². The summed E-state index contributed by atoms with van der Waals surface area (Å²) in [4.78, 5) is 19.4. The predicted octanol–water partition coefficient (Wildman–Crippen LogP) is 0.304. The zero-order valence-electron chi connectivity index (χ0n) is 12.4. The van der Waals surface area contributed by atoms with Gasteiger partial charge in [0, 0.05) is 44.6 Å². The summed E-state index contributed by atoms with van der Waals surface area (Å²) in [7, 11) is -2.13. The average Bonchev–Trinajstić information content (AvgIpc) is 3.15. The molecule has 0 bridgehead atoms. The highest BCUT2D eigenvalue weighted by Gasteiger charge is 2.44. The number of sulfonamides is 1. The molecular weight excluding hydrogens is 320 g/mol. The maximum Gasteiger partial charge on any atom is 0.308 e. The molecular formula is C14H16N4O4S. The quantitative estimate of drug-likeness (QED) is 0.861. The molecule has 1 N–H and O–H groups in total. The van der Waals surface area contributed by atoms with Gasteiger partial charge in [-0.3, -0.25) is 9.78 Å². The number of carboxylic acids is 1. The zero-order chi connectivity index (χ0) is 16.6. The van der Waals surface area contributed by atoms with Crippen LogP contribution in [-0.2, 0) is 21.9 Å². The van der Waals surface area contributed by atoms with Crippen LogP contribution in [0.4, 0.5) is 0 Å². The molecule has 23 heavy (non-hydrogen) atoms. The number of pyridine rings is 1. The SMILES string of the molecule is Cn1cnc(S(=O)(=O)N2C[C@H](C(=O)O)[C@@H](c3cccnc3)C2)c1. The summed E-state index contributed by atoms with van der Waals surface area (Å²) in [5, 5.41) is 9.37. The molecule has 1 aliphatic heterocycles. The van der Waals surface area contributed by atoms with Gasteiger partial charge < -0.3 is 9.67 Å². The first-order chi connectivity index (χ1) is 10.9. The van der Waals surface area contributed by atoms with Crippen LogP contribution in [0.2, 0.25) is 0 Å². The number of hydrogen-bond acceptors (Lipinski definition) is 5. The summed E-state index contributed by atoms with van der Waals surface area (Å²) >= 11 is 0. The van der Waals surface area contributed by atoms with E-state index in [9.17, 15) is 18.3 Å². The van der Waals surface area contributed by atoms with E-state index in [1.54, 1.807) is 31.6 Å². The number of aliphatic carboxylic acids is 1. The Labute approximate surface area is 133 Å². The second-order valence-corrected chi connectivity index (χ2v) is 7.42. The summed E-state index contributed by atoms with van der Waals surface area (Å²) in [5.74, 6) is -2.25. The molecule has 9 heteroatoms.